The monoisotopic (exact) mass is 308 g/mol. The summed E-state index contributed by atoms with van der Waals surface area (Å²) in [4.78, 5) is 14.1. The summed E-state index contributed by atoms with van der Waals surface area (Å²) >= 11 is 0. The van der Waals surface area contributed by atoms with Crippen molar-refractivity contribution < 1.29 is 13.6 Å². The number of likely N-dealkylation sites (tertiary alicyclic amines) is 1. The molecule has 1 heterocycles. The minimum atomic E-state index is -0.645. The van der Waals surface area contributed by atoms with Gasteiger partial charge in [-0.2, -0.15) is 0 Å². The molecule has 1 amide bonds. The summed E-state index contributed by atoms with van der Waals surface area (Å²) in [5.41, 5.74) is 0.775. The Morgan fingerprint density at radius 2 is 2.23 bits per heavy atom. The number of amides is 1. The Morgan fingerprint density at radius 3 is 2.91 bits per heavy atom. The molecule has 1 aromatic rings. The molecule has 120 valence electrons. The third-order valence-corrected chi connectivity index (χ3v) is 4.02. The van der Waals surface area contributed by atoms with Crippen LogP contribution in [0.4, 0.5) is 8.78 Å². The summed E-state index contributed by atoms with van der Waals surface area (Å²) in [5, 5.41) is 3.14. The maximum Gasteiger partial charge on any atom is 0.246 e. The Labute approximate surface area is 130 Å². The van der Waals surface area contributed by atoms with Crippen molar-refractivity contribution in [2.45, 2.75) is 19.8 Å². The second-order valence-electron chi connectivity index (χ2n) is 5.80. The van der Waals surface area contributed by atoms with Crippen LogP contribution in [-0.4, -0.2) is 37.5 Å². The molecule has 1 saturated heterocycles. The van der Waals surface area contributed by atoms with E-state index >= 15 is 0 Å². The summed E-state index contributed by atoms with van der Waals surface area (Å²) < 4.78 is 26.7. The number of hydrogen-bond donors (Lipinski definition) is 1. The third kappa shape index (κ3) is 4.13. The van der Waals surface area contributed by atoms with Gasteiger partial charge in [-0.25, -0.2) is 8.78 Å². The van der Waals surface area contributed by atoms with Crippen molar-refractivity contribution in [3.8, 4) is 0 Å². The first-order valence-corrected chi connectivity index (χ1v) is 7.58. The molecule has 0 bridgehead atoms. The highest BCUT2D eigenvalue weighted by Gasteiger charge is 2.22. The second-order valence-corrected chi connectivity index (χ2v) is 5.80. The van der Waals surface area contributed by atoms with E-state index in [4.69, 9.17) is 0 Å². The maximum absolute atomic E-state index is 13.7. The van der Waals surface area contributed by atoms with E-state index in [0.717, 1.165) is 38.5 Å². The topological polar surface area (TPSA) is 32.3 Å². The number of nitrogens with zero attached hydrogens (tertiary/aromatic N) is 1. The van der Waals surface area contributed by atoms with Gasteiger partial charge in [-0.15, -0.1) is 0 Å². The van der Waals surface area contributed by atoms with Gasteiger partial charge in [0.2, 0.25) is 5.91 Å². The molecule has 22 heavy (non-hydrogen) atoms. The van der Waals surface area contributed by atoms with Gasteiger partial charge in [-0.05, 0) is 57.0 Å². The van der Waals surface area contributed by atoms with Crippen LogP contribution in [0.5, 0.6) is 0 Å². The van der Waals surface area contributed by atoms with Gasteiger partial charge >= 0.3 is 0 Å². The molecule has 5 heteroatoms. The fraction of sp³-hybridized carbons (Fsp3) is 0.471. The van der Waals surface area contributed by atoms with Crippen molar-refractivity contribution in [1.82, 2.24) is 10.2 Å². The van der Waals surface area contributed by atoms with E-state index in [1.807, 2.05) is 7.05 Å². The smallest absolute Gasteiger partial charge is 0.246 e. The molecule has 0 spiro atoms. The molecule has 0 saturated carbocycles. The van der Waals surface area contributed by atoms with Crippen LogP contribution < -0.4 is 5.32 Å². The minimum Gasteiger partial charge on any atom is -0.339 e. The highest BCUT2D eigenvalue weighted by atomic mass is 19.1. The third-order valence-electron chi connectivity index (χ3n) is 4.02. The fourth-order valence-corrected chi connectivity index (χ4v) is 2.88. The molecule has 1 aromatic carbocycles. The number of rotatable bonds is 4. The van der Waals surface area contributed by atoms with E-state index in [9.17, 15) is 13.6 Å². The van der Waals surface area contributed by atoms with Gasteiger partial charge in [0.1, 0.15) is 11.6 Å². The second kappa shape index (κ2) is 7.49. The van der Waals surface area contributed by atoms with Gasteiger partial charge in [0, 0.05) is 30.8 Å². The molecule has 2 rings (SSSR count). The van der Waals surface area contributed by atoms with E-state index in [-0.39, 0.29) is 11.5 Å². The van der Waals surface area contributed by atoms with Crippen LogP contribution in [0.3, 0.4) is 0 Å². The zero-order chi connectivity index (χ0) is 16.1. The lowest BCUT2D eigenvalue weighted by Crippen LogP contribution is -2.41. The maximum atomic E-state index is 13.7. The Morgan fingerprint density at radius 1 is 1.45 bits per heavy atom. The van der Waals surface area contributed by atoms with E-state index in [2.05, 4.69) is 5.32 Å². The lowest BCUT2D eigenvalue weighted by atomic mass is 9.97. The van der Waals surface area contributed by atoms with Crippen molar-refractivity contribution in [3.63, 3.8) is 0 Å². The van der Waals surface area contributed by atoms with Crippen molar-refractivity contribution in [2.24, 2.45) is 5.92 Å². The molecular formula is C17H22F2N2O. The largest absolute Gasteiger partial charge is 0.339 e. The summed E-state index contributed by atoms with van der Waals surface area (Å²) in [7, 11) is 1.90. The first-order valence-electron chi connectivity index (χ1n) is 7.58. The van der Waals surface area contributed by atoms with Gasteiger partial charge in [0.25, 0.3) is 0 Å². The normalized spacial score (nSPS) is 19.4. The number of nitrogens with one attached hydrogen (secondary N) is 1. The number of piperidine rings is 1. The van der Waals surface area contributed by atoms with E-state index in [1.54, 1.807) is 11.8 Å². The zero-order valence-electron chi connectivity index (χ0n) is 13.0. The van der Waals surface area contributed by atoms with Gasteiger partial charge in [-0.3, -0.25) is 4.79 Å². The van der Waals surface area contributed by atoms with Gasteiger partial charge in [0.15, 0.2) is 0 Å². The highest BCUT2D eigenvalue weighted by Crippen LogP contribution is 2.21. The Hall–Kier alpha value is -1.75. The van der Waals surface area contributed by atoms with Gasteiger partial charge in [0.05, 0.1) is 0 Å². The molecule has 1 aliphatic heterocycles. The average Bonchev–Trinajstić information content (AvgIpc) is 2.47. The molecule has 3 nitrogen and oxygen atoms in total. The fourth-order valence-electron chi connectivity index (χ4n) is 2.88. The number of carbonyl (C=O) groups is 1. The number of hydrogen-bond acceptors (Lipinski definition) is 2. The van der Waals surface area contributed by atoms with Crippen LogP contribution in [0.1, 0.15) is 25.3 Å². The van der Waals surface area contributed by atoms with Crippen LogP contribution in [-0.2, 0) is 4.79 Å². The van der Waals surface area contributed by atoms with Crippen LogP contribution in [0.2, 0.25) is 0 Å². The van der Waals surface area contributed by atoms with E-state index < -0.39 is 11.6 Å². The summed E-state index contributed by atoms with van der Waals surface area (Å²) in [5.74, 6) is -0.916. The van der Waals surface area contributed by atoms with Crippen molar-refractivity contribution in [1.29, 1.82) is 0 Å². The molecule has 1 unspecified atom stereocenters. The molecule has 1 fully saturated rings. The number of benzene rings is 1. The van der Waals surface area contributed by atoms with Gasteiger partial charge in [-0.1, -0.05) is 0 Å². The predicted octanol–water partition coefficient (Wildman–Crippen LogP) is 2.83. The van der Waals surface area contributed by atoms with Crippen LogP contribution in [0.25, 0.3) is 5.57 Å². The Kier molecular flexibility index (Phi) is 5.66. The summed E-state index contributed by atoms with van der Waals surface area (Å²) in [6.07, 6.45) is 3.54. The van der Waals surface area contributed by atoms with Crippen molar-refractivity contribution in [2.75, 3.05) is 26.7 Å². The SMILES string of the molecule is CNCC1CCCN(C(=O)C=C(C)c2ccc(F)cc2F)C1. The zero-order valence-corrected chi connectivity index (χ0v) is 13.0. The molecular weight excluding hydrogens is 286 g/mol. The average molecular weight is 308 g/mol. The molecule has 1 aliphatic rings. The Bertz CT molecular complexity index is 570. The summed E-state index contributed by atoms with van der Waals surface area (Å²) in [6.45, 7) is 4.01. The number of halogens is 2. The number of allylic oxidation sites excluding steroid dienone is 1. The lowest BCUT2D eigenvalue weighted by molar-refractivity contribution is -0.127. The van der Waals surface area contributed by atoms with E-state index in [1.165, 1.54) is 18.2 Å². The molecule has 1 N–H and O–H groups in total. The predicted molar refractivity (Wildman–Crippen MR) is 83.2 cm³/mol. The molecule has 0 aliphatic carbocycles. The summed E-state index contributed by atoms with van der Waals surface area (Å²) in [6, 6.07) is 3.40. The number of carbonyl (C=O) groups excluding carboxylic acids is 1. The van der Waals surface area contributed by atoms with Crippen LogP contribution in [0, 0.1) is 17.6 Å². The minimum absolute atomic E-state index is 0.109. The van der Waals surface area contributed by atoms with Crippen molar-refractivity contribution >= 4 is 11.5 Å². The first-order chi connectivity index (χ1) is 10.5. The van der Waals surface area contributed by atoms with Crippen molar-refractivity contribution in [3.05, 3.63) is 41.5 Å². The van der Waals surface area contributed by atoms with Crippen LogP contribution in [0.15, 0.2) is 24.3 Å². The lowest BCUT2D eigenvalue weighted by Gasteiger charge is -2.32. The Balaban J connectivity index is 2.08. The van der Waals surface area contributed by atoms with Gasteiger partial charge < -0.3 is 10.2 Å². The standard InChI is InChI=1S/C17H22F2N2O/c1-12(15-6-5-14(18)9-16(15)19)8-17(22)21-7-3-4-13(11-21)10-20-2/h5-6,8-9,13,20H,3-4,7,10-11H2,1-2H3. The quantitative estimate of drug-likeness (QED) is 0.868. The molecule has 0 aromatic heterocycles. The molecule has 0 radical (unpaired) electrons. The molecule has 1 atom stereocenters. The van der Waals surface area contributed by atoms with Crippen LogP contribution >= 0.6 is 0 Å². The first kappa shape index (κ1) is 16.6. The highest BCUT2D eigenvalue weighted by molar-refractivity contribution is 5.95. The van der Waals surface area contributed by atoms with E-state index in [0.29, 0.717) is 11.5 Å².